The molecule has 0 bridgehead atoms. The second-order valence-corrected chi connectivity index (χ2v) is 6.23. The van der Waals surface area contributed by atoms with Crippen LogP contribution in [-0.4, -0.2) is 66.3 Å². The van der Waals surface area contributed by atoms with Gasteiger partial charge in [-0.25, -0.2) is 9.78 Å². The lowest BCUT2D eigenvalue weighted by molar-refractivity contribution is 0.157. The van der Waals surface area contributed by atoms with Crippen molar-refractivity contribution in [2.75, 3.05) is 49.1 Å². The molecule has 0 aliphatic carbocycles. The second-order valence-electron chi connectivity index (χ2n) is 6.23. The van der Waals surface area contributed by atoms with Gasteiger partial charge in [0.15, 0.2) is 0 Å². The van der Waals surface area contributed by atoms with Gasteiger partial charge in [0.25, 0.3) is 0 Å². The third-order valence-electron chi connectivity index (χ3n) is 4.66. The zero-order valence-corrected chi connectivity index (χ0v) is 12.9. The van der Waals surface area contributed by atoms with Crippen molar-refractivity contribution in [1.82, 2.24) is 14.9 Å². The van der Waals surface area contributed by atoms with Crippen molar-refractivity contribution in [2.24, 2.45) is 0 Å². The summed E-state index contributed by atoms with van der Waals surface area (Å²) in [5.41, 5.74) is 0.994. The standard InChI is InChI=1S/C15H21N5O2/c1-11-8-13(17-14(16-11)18-4-2-3-5-18)19-6-7-20-12(9-19)10-22-15(20)21/h8,12H,2-7,9-10H2,1H3/t12-/m0/s1. The lowest BCUT2D eigenvalue weighted by atomic mass is 10.2. The molecule has 4 heterocycles. The summed E-state index contributed by atoms with van der Waals surface area (Å²) < 4.78 is 5.13. The van der Waals surface area contributed by atoms with E-state index >= 15 is 0 Å². The smallest absolute Gasteiger partial charge is 0.410 e. The molecule has 7 nitrogen and oxygen atoms in total. The number of fused-ring (bicyclic) bond motifs is 1. The molecule has 3 aliphatic rings. The molecule has 0 saturated carbocycles. The van der Waals surface area contributed by atoms with E-state index < -0.39 is 0 Å². The Bertz CT molecular complexity index is 587. The van der Waals surface area contributed by atoms with Crippen LogP contribution in [0, 0.1) is 6.92 Å². The van der Waals surface area contributed by atoms with Crippen molar-refractivity contribution in [2.45, 2.75) is 25.8 Å². The fraction of sp³-hybridized carbons (Fsp3) is 0.667. The average molecular weight is 303 g/mol. The minimum atomic E-state index is -0.179. The number of carbonyl (C=O) groups excluding carboxylic acids is 1. The first-order valence-electron chi connectivity index (χ1n) is 8.00. The summed E-state index contributed by atoms with van der Waals surface area (Å²) >= 11 is 0. The molecule has 0 aromatic carbocycles. The van der Waals surface area contributed by atoms with Gasteiger partial charge in [-0.2, -0.15) is 4.98 Å². The van der Waals surface area contributed by atoms with Crippen LogP contribution < -0.4 is 9.80 Å². The molecule has 3 saturated heterocycles. The summed E-state index contributed by atoms with van der Waals surface area (Å²) in [6.45, 7) is 6.86. The van der Waals surface area contributed by atoms with Crippen LogP contribution in [0.4, 0.5) is 16.6 Å². The number of ether oxygens (including phenoxy) is 1. The van der Waals surface area contributed by atoms with Crippen molar-refractivity contribution in [3.8, 4) is 0 Å². The molecule has 3 aliphatic heterocycles. The summed E-state index contributed by atoms with van der Waals surface area (Å²) in [5.74, 6) is 1.81. The topological polar surface area (TPSA) is 61.8 Å². The zero-order chi connectivity index (χ0) is 15.1. The summed E-state index contributed by atoms with van der Waals surface area (Å²) in [6, 6.07) is 2.18. The summed E-state index contributed by atoms with van der Waals surface area (Å²) in [6.07, 6.45) is 2.25. The van der Waals surface area contributed by atoms with Crippen LogP contribution in [0.25, 0.3) is 0 Å². The normalized spacial score (nSPS) is 24.7. The maximum atomic E-state index is 11.6. The number of aryl methyl sites for hydroxylation is 1. The van der Waals surface area contributed by atoms with Crippen LogP contribution in [-0.2, 0) is 4.74 Å². The average Bonchev–Trinajstić information content (AvgIpc) is 3.17. The molecule has 1 amide bonds. The maximum Gasteiger partial charge on any atom is 0.410 e. The number of rotatable bonds is 2. The van der Waals surface area contributed by atoms with Gasteiger partial charge in [-0.05, 0) is 19.8 Å². The van der Waals surface area contributed by atoms with Gasteiger partial charge < -0.3 is 14.5 Å². The van der Waals surface area contributed by atoms with Crippen molar-refractivity contribution >= 4 is 17.9 Å². The monoisotopic (exact) mass is 303 g/mol. The van der Waals surface area contributed by atoms with Gasteiger partial charge in [-0.3, -0.25) is 4.90 Å². The maximum absolute atomic E-state index is 11.6. The van der Waals surface area contributed by atoms with Gasteiger partial charge in [-0.15, -0.1) is 0 Å². The summed E-state index contributed by atoms with van der Waals surface area (Å²) in [5, 5.41) is 0. The zero-order valence-electron chi connectivity index (χ0n) is 12.9. The van der Waals surface area contributed by atoms with Gasteiger partial charge in [0.05, 0.1) is 6.04 Å². The number of nitrogens with zero attached hydrogens (tertiary/aromatic N) is 5. The van der Waals surface area contributed by atoms with Gasteiger partial charge in [0, 0.05) is 44.5 Å². The highest BCUT2D eigenvalue weighted by Gasteiger charge is 2.37. The number of amides is 1. The number of cyclic esters (lactones) is 1. The van der Waals surface area contributed by atoms with Crippen LogP contribution in [0.3, 0.4) is 0 Å². The number of aromatic nitrogens is 2. The molecular formula is C15H21N5O2. The fourth-order valence-electron chi connectivity index (χ4n) is 3.45. The number of anilines is 2. The number of hydrogen-bond donors (Lipinski definition) is 0. The molecule has 118 valence electrons. The molecule has 0 unspecified atom stereocenters. The quantitative estimate of drug-likeness (QED) is 0.813. The molecule has 3 fully saturated rings. The second kappa shape index (κ2) is 5.30. The van der Waals surface area contributed by atoms with Crippen molar-refractivity contribution in [3.05, 3.63) is 11.8 Å². The molecular weight excluding hydrogens is 282 g/mol. The van der Waals surface area contributed by atoms with Crippen molar-refractivity contribution < 1.29 is 9.53 Å². The van der Waals surface area contributed by atoms with Crippen molar-refractivity contribution in [1.29, 1.82) is 0 Å². The molecule has 1 aromatic rings. The van der Waals surface area contributed by atoms with Gasteiger partial charge >= 0.3 is 6.09 Å². The minimum Gasteiger partial charge on any atom is -0.447 e. The van der Waals surface area contributed by atoms with Gasteiger partial charge in [0.1, 0.15) is 12.4 Å². The highest BCUT2D eigenvalue weighted by Crippen LogP contribution is 2.25. The first-order chi connectivity index (χ1) is 10.7. The lowest BCUT2D eigenvalue weighted by Gasteiger charge is -2.36. The van der Waals surface area contributed by atoms with Crippen molar-refractivity contribution in [3.63, 3.8) is 0 Å². The first-order valence-corrected chi connectivity index (χ1v) is 8.00. The summed E-state index contributed by atoms with van der Waals surface area (Å²) in [4.78, 5) is 27.3. The van der Waals surface area contributed by atoms with E-state index in [9.17, 15) is 4.79 Å². The van der Waals surface area contributed by atoms with Gasteiger partial charge in [0.2, 0.25) is 5.95 Å². The minimum absolute atomic E-state index is 0.145. The SMILES string of the molecule is Cc1cc(N2CCN3C(=O)OC[C@@H]3C2)nc(N2CCCC2)n1. The van der Waals surface area contributed by atoms with E-state index in [1.54, 1.807) is 0 Å². The van der Waals surface area contributed by atoms with Crippen LogP contribution in [0.5, 0.6) is 0 Å². The number of hydrogen-bond acceptors (Lipinski definition) is 6. The first kappa shape index (κ1) is 13.6. The Morgan fingerprint density at radius 3 is 2.77 bits per heavy atom. The Balaban J connectivity index is 1.56. The van der Waals surface area contributed by atoms with E-state index in [1.807, 2.05) is 17.9 Å². The van der Waals surface area contributed by atoms with Crippen LogP contribution >= 0.6 is 0 Å². The predicted molar refractivity (Wildman–Crippen MR) is 82.3 cm³/mol. The largest absolute Gasteiger partial charge is 0.447 e. The molecule has 22 heavy (non-hydrogen) atoms. The molecule has 1 aromatic heterocycles. The number of piperazine rings is 1. The Morgan fingerprint density at radius 1 is 1.14 bits per heavy atom. The van der Waals surface area contributed by atoms with E-state index in [0.717, 1.165) is 43.6 Å². The van der Waals surface area contributed by atoms with Gasteiger partial charge in [-0.1, -0.05) is 0 Å². The van der Waals surface area contributed by atoms with E-state index in [4.69, 9.17) is 9.72 Å². The third-order valence-corrected chi connectivity index (χ3v) is 4.66. The molecule has 4 rings (SSSR count). The molecule has 1 atom stereocenters. The van der Waals surface area contributed by atoms with E-state index in [1.165, 1.54) is 12.8 Å². The van der Waals surface area contributed by atoms with E-state index in [-0.39, 0.29) is 12.1 Å². The Morgan fingerprint density at radius 2 is 1.95 bits per heavy atom. The van der Waals surface area contributed by atoms with Crippen LogP contribution in [0.15, 0.2) is 6.07 Å². The molecule has 0 N–H and O–H groups in total. The van der Waals surface area contributed by atoms with E-state index in [0.29, 0.717) is 13.2 Å². The van der Waals surface area contributed by atoms with Crippen LogP contribution in [0.2, 0.25) is 0 Å². The Kier molecular flexibility index (Phi) is 3.28. The Hall–Kier alpha value is -2.05. The summed E-state index contributed by atoms with van der Waals surface area (Å²) in [7, 11) is 0. The Labute approximate surface area is 129 Å². The number of carbonyl (C=O) groups is 1. The highest BCUT2D eigenvalue weighted by molar-refractivity contribution is 5.70. The third kappa shape index (κ3) is 2.34. The van der Waals surface area contributed by atoms with Crippen LogP contribution in [0.1, 0.15) is 18.5 Å². The van der Waals surface area contributed by atoms with E-state index in [2.05, 4.69) is 14.8 Å². The highest BCUT2D eigenvalue weighted by atomic mass is 16.6. The molecule has 0 radical (unpaired) electrons. The molecule has 7 heteroatoms. The molecule has 0 spiro atoms. The predicted octanol–water partition coefficient (Wildman–Crippen LogP) is 1.03. The fourth-order valence-corrected chi connectivity index (χ4v) is 3.45. The lowest BCUT2D eigenvalue weighted by Crippen LogP contribution is -2.52.